The maximum absolute atomic E-state index is 11.3. The molecule has 1 heterocycles. The molecule has 0 amide bonds. The fraction of sp³-hybridized carbons (Fsp3) is 0.500. The number of nitrogens with zero attached hydrogens (tertiary/aromatic N) is 1. The van der Waals surface area contributed by atoms with E-state index in [0.29, 0.717) is 17.3 Å². The Morgan fingerprint density at radius 2 is 2.28 bits per heavy atom. The second kappa shape index (κ2) is 5.29. The summed E-state index contributed by atoms with van der Waals surface area (Å²) in [5.74, 6) is -0.884. The van der Waals surface area contributed by atoms with Crippen molar-refractivity contribution in [2.45, 2.75) is 38.6 Å². The van der Waals surface area contributed by atoms with Crippen LogP contribution in [0.1, 0.15) is 43.0 Å². The predicted octanol–water partition coefficient (Wildman–Crippen LogP) is 2.74. The first kappa shape index (κ1) is 12.7. The molecule has 0 radical (unpaired) electrons. The van der Waals surface area contributed by atoms with E-state index in [1.54, 1.807) is 18.2 Å². The Morgan fingerprint density at radius 3 is 2.94 bits per heavy atom. The molecule has 1 aromatic rings. The van der Waals surface area contributed by atoms with Crippen LogP contribution in [0.2, 0.25) is 0 Å². The standard InChI is InChI=1S/C14H20N2O2/c1-2-11-5-3-4-8-16(11)13-9-10(15)6-7-12(13)14(17)18/h6-7,9,11H,2-5,8,15H2,1H3,(H,17,18). The number of rotatable bonds is 3. The second-order valence-corrected chi connectivity index (χ2v) is 4.83. The van der Waals surface area contributed by atoms with Gasteiger partial charge in [0.05, 0.1) is 11.3 Å². The van der Waals surface area contributed by atoms with E-state index in [4.69, 9.17) is 5.73 Å². The zero-order chi connectivity index (χ0) is 13.1. The van der Waals surface area contributed by atoms with Crippen molar-refractivity contribution in [3.63, 3.8) is 0 Å². The third-order valence-electron chi connectivity index (χ3n) is 3.66. The van der Waals surface area contributed by atoms with Crippen LogP contribution in [-0.2, 0) is 0 Å². The Hall–Kier alpha value is -1.71. The molecule has 1 saturated heterocycles. The normalized spacial score (nSPS) is 19.8. The first-order valence-electron chi connectivity index (χ1n) is 6.53. The van der Waals surface area contributed by atoms with E-state index in [-0.39, 0.29) is 0 Å². The van der Waals surface area contributed by atoms with Crippen LogP contribution in [0.3, 0.4) is 0 Å². The summed E-state index contributed by atoms with van der Waals surface area (Å²) in [5, 5.41) is 9.28. The average molecular weight is 248 g/mol. The highest BCUT2D eigenvalue weighted by atomic mass is 16.4. The fourth-order valence-corrected chi connectivity index (χ4v) is 2.71. The Labute approximate surface area is 107 Å². The molecule has 3 N–H and O–H groups in total. The minimum atomic E-state index is -0.884. The quantitative estimate of drug-likeness (QED) is 0.807. The minimum absolute atomic E-state index is 0.351. The molecule has 4 heteroatoms. The van der Waals surface area contributed by atoms with E-state index < -0.39 is 5.97 Å². The van der Waals surface area contributed by atoms with Gasteiger partial charge in [0, 0.05) is 18.3 Å². The number of hydrogen-bond acceptors (Lipinski definition) is 3. The number of anilines is 2. The van der Waals surface area contributed by atoms with E-state index in [2.05, 4.69) is 11.8 Å². The summed E-state index contributed by atoms with van der Waals surface area (Å²) in [5.41, 5.74) is 7.55. The van der Waals surface area contributed by atoms with Gasteiger partial charge in [-0.15, -0.1) is 0 Å². The van der Waals surface area contributed by atoms with Gasteiger partial charge in [0.1, 0.15) is 0 Å². The van der Waals surface area contributed by atoms with Crippen LogP contribution in [0, 0.1) is 0 Å². The van der Waals surface area contributed by atoms with Crippen LogP contribution in [0.25, 0.3) is 0 Å². The van der Waals surface area contributed by atoms with Gasteiger partial charge in [-0.05, 0) is 43.9 Å². The SMILES string of the molecule is CCC1CCCCN1c1cc(N)ccc1C(=O)O. The van der Waals surface area contributed by atoms with Gasteiger partial charge >= 0.3 is 5.97 Å². The van der Waals surface area contributed by atoms with Crippen molar-refractivity contribution < 1.29 is 9.90 Å². The lowest BCUT2D eigenvalue weighted by Gasteiger charge is -2.38. The highest BCUT2D eigenvalue weighted by Crippen LogP contribution is 2.31. The monoisotopic (exact) mass is 248 g/mol. The van der Waals surface area contributed by atoms with Crippen molar-refractivity contribution >= 4 is 17.3 Å². The molecule has 1 aromatic carbocycles. The Balaban J connectivity index is 2.41. The molecular formula is C14H20N2O2. The lowest BCUT2D eigenvalue weighted by molar-refractivity contribution is 0.0697. The highest BCUT2D eigenvalue weighted by Gasteiger charge is 2.24. The molecule has 1 fully saturated rings. The first-order chi connectivity index (χ1) is 8.63. The zero-order valence-corrected chi connectivity index (χ0v) is 10.7. The second-order valence-electron chi connectivity index (χ2n) is 4.83. The molecular weight excluding hydrogens is 228 g/mol. The summed E-state index contributed by atoms with van der Waals surface area (Å²) < 4.78 is 0. The van der Waals surface area contributed by atoms with Gasteiger partial charge in [0.25, 0.3) is 0 Å². The Bertz CT molecular complexity index is 445. The highest BCUT2D eigenvalue weighted by molar-refractivity contribution is 5.95. The number of carboxylic acids is 1. The third kappa shape index (κ3) is 2.42. The number of benzene rings is 1. The van der Waals surface area contributed by atoms with Crippen molar-refractivity contribution in [3.05, 3.63) is 23.8 Å². The van der Waals surface area contributed by atoms with Crippen LogP contribution in [0.15, 0.2) is 18.2 Å². The van der Waals surface area contributed by atoms with Crippen molar-refractivity contribution in [1.82, 2.24) is 0 Å². The van der Waals surface area contributed by atoms with Crippen molar-refractivity contribution in [3.8, 4) is 0 Å². The summed E-state index contributed by atoms with van der Waals surface area (Å²) in [6.45, 7) is 3.07. The van der Waals surface area contributed by atoms with E-state index in [0.717, 1.165) is 31.5 Å². The molecule has 1 aliphatic rings. The topological polar surface area (TPSA) is 66.6 Å². The molecule has 98 valence electrons. The maximum atomic E-state index is 11.3. The van der Waals surface area contributed by atoms with Gasteiger partial charge in [-0.3, -0.25) is 0 Å². The molecule has 18 heavy (non-hydrogen) atoms. The van der Waals surface area contributed by atoms with Gasteiger partial charge in [0.2, 0.25) is 0 Å². The number of nitrogens with two attached hydrogens (primary N) is 1. The zero-order valence-electron chi connectivity index (χ0n) is 10.7. The number of hydrogen-bond donors (Lipinski definition) is 2. The first-order valence-corrected chi connectivity index (χ1v) is 6.53. The van der Waals surface area contributed by atoms with Crippen molar-refractivity contribution in [1.29, 1.82) is 0 Å². The molecule has 2 rings (SSSR count). The molecule has 0 bridgehead atoms. The number of nitrogen functional groups attached to an aromatic ring is 1. The van der Waals surface area contributed by atoms with Crippen molar-refractivity contribution in [2.24, 2.45) is 0 Å². The number of piperidine rings is 1. The van der Waals surface area contributed by atoms with Crippen LogP contribution in [-0.4, -0.2) is 23.7 Å². The smallest absolute Gasteiger partial charge is 0.337 e. The largest absolute Gasteiger partial charge is 0.478 e. The van der Waals surface area contributed by atoms with Gasteiger partial charge in [-0.2, -0.15) is 0 Å². The molecule has 4 nitrogen and oxygen atoms in total. The van der Waals surface area contributed by atoms with Gasteiger partial charge < -0.3 is 15.7 Å². The third-order valence-corrected chi connectivity index (χ3v) is 3.66. The molecule has 1 unspecified atom stereocenters. The minimum Gasteiger partial charge on any atom is -0.478 e. The molecule has 0 spiro atoms. The summed E-state index contributed by atoms with van der Waals surface area (Å²) in [7, 11) is 0. The fourth-order valence-electron chi connectivity index (χ4n) is 2.71. The molecule has 1 atom stereocenters. The van der Waals surface area contributed by atoms with E-state index in [9.17, 15) is 9.90 Å². The van der Waals surface area contributed by atoms with Crippen LogP contribution < -0.4 is 10.6 Å². The lowest BCUT2D eigenvalue weighted by Crippen LogP contribution is -2.40. The number of carboxylic acid groups (broad SMARTS) is 1. The van der Waals surface area contributed by atoms with Gasteiger partial charge in [0.15, 0.2) is 0 Å². The summed E-state index contributed by atoms with van der Waals surface area (Å²) in [6.07, 6.45) is 4.50. The average Bonchev–Trinajstić information content (AvgIpc) is 2.38. The molecule has 0 aromatic heterocycles. The predicted molar refractivity (Wildman–Crippen MR) is 73.1 cm³/mol. The van der Waals surface area contributed by atoms with Gasteiger partial charge in [-0.25, -0.2) is 4.79 Å². The molecule has 0 saturated carbocycles. The Morgan fingerprint density at radius 1 is 1.50 bits per heavy atom. The van der Waals surface area contributed by atoms with Crippen molar-refractivity contribution in [2.75, 3.05) is 17.2 Å². The number of aromatic carboxylic acids is 1. The summed E-state index contributed by atoms with van der Waals surface area (Å²) in [6, 6.07) is 5.47. The lowest BCUT2D eigenvalue weighted by atomic mass is 9.97. The van der Waals surface area contributed by atoms with E-state index in [1.807, 2.05) is 0 Å². The van der Waals surface area contributed by atoms with Crippen LogP contribution in [0.4, 0.5) is 11.4 Å². The summed E-state index contributed by atoms with van der Waals surface area (Å²) in [4.78, 5) is 13.5. The van der Waals surface area contributed by atoms with E-state index in [1.165, 1.54) is 6.42 Å². The number of carbonyl (C=O) groups is 1. The summed E-state index contributed by atoms with van der Waals surface area (Å²) >= 11 is 0. The van der Waals surface area contributed by atoms with Gasteiger partial charge in [-0.1, -0.05) is 6.92 Å². The van der Waals surface area contributed by atoms with Crippen LogP contribution in [0.5, 0.6) is 0 Å². The molecule has 1 aliphatic heterocycles. The maximum Gasteiger partial charge on any atom is 0.337 e. The molecule has 0 aliphatic carbocycles. The van der Waals surface area contributed by atoms with Crippen LogP contribution >= 0.6 is 0 Å². The van der Waals surface area contributed by atoms with E-state index >= 15 is 0 Å². The Kier molecular flexibility index (Phi) is 3.75.